The normalized spacial score (nSPS) is 21.7. The van der Waals surface area contributed by atoms with Gasteiger partial charge >= 0.3 is 0 Å². The Morgan fingerprint density at radius 2 is 1.92 bits per heavy atom. The Labute approximate surface area is 221 Å². The molecule has 3 heterocycles. The van der Waals surface area contributed by atoms with Crippen LogP contribution in [0.25, 0.3) is 10.4 Å². The fraction of sp³-hybridized carbons (Fsp3) is 0.556. The second kappa shape index (κ2) is 10.5. The first-order chi connectivity index (χ1) is 17.4. The van der Waals surface area contributed by atoms with Crippen molar-refractivity contribution in [1.29, 1.82) is 0 Å². The average Bonchev–Trinajstić information content (AvgIpc) is 3.43. The number of hydrogen-bond donors (Lipinski definition) is 3. The van der Waals surface area contributed by atoms with E-state index in [1.54, 1.807) is 18.3 Å². The molecule has 2 aromatic rings. The Morgan fingerprint density at radius 3 is 2.46 bits per heavy atom. The maximum Gasteiger partial charge on any atom is 0.246 e. The topological polar surface area (TPSA) is 121 Å². The van der Waals surface area contributed by atoms with Crippen molar-refractivity contribution in [2.45, 2.75) is 65.8 Å². The largest absolute Gasteiger partial charge is 0.391 e. The number of hydrogen-bond acceptors (Lipinski definition) is 7. The van der Waals surface area contributed by atoms with Gasteiger partial charge in [-0.3, -0.25) is 14.4 Å². The van der Waals surface area contributed by atoms with E-state index >= 15 is 0 Å². The lowest BCUT2D eigenvalue weighted by molar-refractivity contribution is -0.161. The van der Waals surface area contributed by atoms with Gasteiger partial charge in [-0.2, -0.15) is 0 Å². The van der Waals surface area contributed by atoms with Gasteiger partial charge in [0.15, 0.2) is 0 Å². The van der Waals surface area contributed by atoms with Crippen molar-refractivity contribution in [3.8, 4) is 10.4 Å². The molecule has 200 valence electrons. The third-order valence-electron chi connectivity index (χ3n) is 7.07. The first kappa shape index (κ1) is 27.2. The molecule has 9 nitrogen and oxygen atoms in total. The highest BCUT2D eigenvalue weighted by molar-refractivity contribution is 7.13. The molecule has 0 spiro atoms. The van der Waals surface area contributed by atoms with Gasteiger partial charge in [0, 0.05) is 19.5 Å². The van der Waals surface area contributed by atoms with Crippen LogP contribution in [-0.2, 0) is 25.7 Å². The third kappa shape index (κ3) is 5.86. The number of aliphatic hydroxyl groups excluding tert-OH is 1. The Balaban J connectivity index is 1.42. The maximum atomic E-state index is 13.7. The van der Waals surface area contributed by atoms with Crippen LogP contribution < -0.4 is 10.6 Å². The number of ether oxygens (including phenoxy) is 1. The zero-order valence-corrected chi connectivity index (χ0v) is 22.9. The van der Waals surface area contributed by atoms with E-state index in [0.29, 0.717) is 19.8 Å². The number of carbonyl (C=O) groups is 3. The van der Waals surface area contributed by atoms with E-state index in [9.17, 15) is 19.5 Å². The average molecular weight is 529 g/mol. The minimum Gasteiger partial charge on any atom is -0.391 e. The number of rotatable bonds is 7. The van der Waals surface area contributed by atoms with Crippen molar-refractivity contribution < 1.29 is 24.2 Å². The van der Waals surface area contributed by atoms with Gasteiger partial charge in [-0.15, -0.1) is 11.3 Å². The molecular formula is C27H36N4O5S. The summed E-state index contributed by atoms with van der Waals surface area (Å²) in [5.74, 6) is -0.943. The summed E-state index contributed by atoms with van der Waals surface area (Å²) in [6.45, 7) is 10.3. The molecule has 10 heteroatoms. The monoisotopic (exact) mass is 528 g/mol. The molecule has 2 saturated heterocycles. The van der Waals surface area contributed by atoms with Gasteiger partial charge in [-0.25, -0.2) is 4.98 Å². The molecule has 0 bridgehead atoms. The van der Waals surface area contributed by atoms with Crippen LogP contribution in [0.5, 0.6) is 0 Å². The van der Waals surface area contributed by atoms with Gasteiger partial charge in [0.2, 0.25) is 17.7 Å². The standard InChI is InChI=1S/C27H36N4O5S/c1-16-21(37-15-29-16)18-8-6-17(7-9-18)11-28-23(33)20-10-19(32)12-31(20)24(34)22(26(2,3)4)30-25(35)27(5)13-36-14-27/h6-9,15,19-20,22,32H,10-14H2,1-5H3,(H,28,33)(H,30,35)/t19-,20+,22+/m1/s1. The number of carbonyl (C=O) groups excluding carboxylic acids is 3. The van der Waals surface area contributed by atoms with Crippen LogP contribution >= 0.6 is 11.3 Å². The van der Waals surface area contributed by atoms with Gasteiger partial charge < -0.3 is 25.4 Å². The van der Waals surface area contributed by atoms with E-state index in [1.807, 2.05) is 57.5 Å². The predicted octanol–water partition coefficient (Wildman–Crippen LogP) is 2.26. The number of β-amino-alcohol motifs (C(OH)–C–C–N with tert-alkyl or cyclic N) is 1. The highest BCUT2D eigenvalue weighted by atomic mass is 32.1. The number of thiazole rings is 1. The molecular weight excluding hydrogens is 492 g/mol. The number of aromatic nitrogens is 1. The molecule has 0 aliphatic carbocycles. The molecule has 3 N–H and O–H groups in total. The Hall–Kier alpha value is -2.82. The SMILES string of the molecule is Cc1ncsc1-c1ccc(CNC(=O)[C@@H]2C[C@@H](O)CN2C(=O)[C@H](NC(=O)C2(C)COC2)C(C)(C)C)cc1. The molecule has 2 aliphatic heterocycles. The molecule has 3 amide bonds. The van der Waals surface area contributed by atoms with Crippen LogP contribution in [-0.4, -0.2) is 70.7 Å². The molecule has 2 fully saturated rings. The summed E-state index contributed by atoms with van der Waals surface area (Å²) in [5.41, 5.74) is 3.53. The summed E-state index contributed by atoms with van der Waals surface area (Å²) in [5, 5.41) is 16.2. The van der Waals surface area contributed by atoms with E-state index in [-0.39, 0.29) is 30.7 Å². The summed E-state index contributed by atoms with van der Waals surface area (Å²) in [4.78, 5) is 46.5. The molecule has 0 unspecified atom stereocenters. The number of aliphatic hydroxyl groups is 1. The number of benzene rings is 1. The third-order valence-corrected chi connectivity index (χ3v) is 8.05. The molecule has 37 heavy (non-hydrogen) atoms. The zero-order valence-electron chi connectivity index (χ0n) is 22.0. The van der Waals surface area contributed by atoms with Crippen LogP contribution in [0.3, 0.4) is 0 Å². The first-order valence-electron chi connectivity index (χ1n) is 12.5. The summed E-state index contributed by atoms with van der Waals surface area (Å²) in [7, 11) is 0. The molecule has 1 aromatic carbocycles. The van der Waals surface area contributed by atoms with Crippen molar-refractivity contribution in [3.05, 3.63) is 41.0 Å². The fourth-order valence-corrected chi connectivity index (χ4v) is 5.44. The van der Waals surface area contributed by atoms with Crippen LogP contribution in [0.2, 0.25) is 0 Å². The van der Waals surface area contributed by atoms with Gasteiger partial charge in [-0.1, -0.05) is 45.0 Å². The number of nitrogens with one attached hydrogen (secondary N) is 2. The molecule has 4 rings (SSSR count). The van der Waals surface area contributed by atoms with Gasteiger partial charge in [0.25, 0.3) is 0 Å². The highest BCUT2D eigenvalue weighted by Crippen LogP contribution is 2.31. The van der Waals surface area contributed by atoms with E-state index in [0.717, 1.165) is 21.7 Å². The number of aryl methyl sites for hydroxylation is 1. The quantitative estimate of drug-likeness (QED) is 0.507. The molecule has 0 saturated carbocycles. The van der Waals surface area contributed by atoms with E-state index < -0.39 is 29.0 Å². The second-order valence-electron chi connectivity index (χ2n) is 11.4. The predicted molar refractivity (Wildman–Crippen MR) is 141 cm³/mol. The van der Waals surface area contributed by atoms with Crippen molar-refractivity contribution >= 4 is 29.1 Å². The van der Waals surface area contributed by atoms with Gasteiger partial charge in [-0.05, 0) is 30.4 Å². The van der Waals surface area contributed by atoms with Crippen LogP contribution in [0.1, 0.15) is 45.4 Å². The molecule has 1 aromatic heterocycles. The lowest BCUT2D eigenvalue weighted by atomic mass is 9.82. The number of likely N-dealkylation sites (tertiary alicyclic amines) is 1. The van der Waals surface area contributed by atoms with Crippen LogP contribution in [0, 0.1) is 17.8 Å². The zero-order chi connectivity index (χ0) is 27.0. The summed E-state index contributed by atoms with van der Waals surface area (Å²) >= 11 is 1.59. The molecule has 2 aliphatic rings. The smallest absolute Gasteiger partial charge is 0.246 e. The first-order valence-corrected chi connectivity index (χ1v) is 13.4. The van der Waals surface area contributed by atoms with Gasteiger partial charge in [0.1, 0.15) is 12.1 Å². The Morgan fingerprint density at radius 1 is 1.24 bits per heavy atom. The van der Waals surface area contributed by atoms with Crippen molar-refractivity contribution in [1.82, 2.24) is 20.5 Å². The molecule has 0 radical (unpaired) electrons. The Kier molecular flexibility index (Phi) is 7.73. The summed E-state index contributed by atoms with van der Waals surface area (Å²) < 4.78 is 5.20. The summed E-state index contributed by atoms with van der Waals surface area (Å²) in [6, 6.07) is 6.25. The fourth-order valence-electron chi connectivity index (χ4n) is 4.62. The van der Waals surface area contributed by atoms with Crippen molar-refractivity contribution in [2.75, 3.05) is 19.8 Å². The van der Waals surface area contributed by atoms with E-state index in [2.05, 4.69) is 15.6 Å². The van der Waals surface area contributed by atoms with E-state index in [4.69, 9.17) is 4.74 Å². The summed E-state index contributed by atoms with van der Waals surface area (Å²) in [6.07, 6.45) is -0.659. The van der Waals surface area contributed by atoms with Crippen molar-refractivity contribution in [3.63, 3.8) is 0 Å². The molecule has 3 atom stereocenters. The Bertz CT molecular complexity index is 1150. The van der Waals surface area contributed by atoms with Crippen LogP contribution in [0.4, 0.5) is 0 Å². The van der Waals surface area contributed by atoms with Crippen LogP contribution in [0.15, 0.2) is 29.8 Å². The number of amides is 3. The number of nitrogens with zero attached hydrogens (tertiary/aromatic N) is 2. The lowest BCUT2D eigenvalue weighted by Gasteiger charge is -2.40. The van der Waals surface area contributed by atoms with Gasteiger partial charge in [0.05, 0.1) is 40.8 Å². The van der Waals surface area contributed by atoms with Crippen molar-refractivity contribution in [2.24, 2.45) is 10.8 Å². The highest BCUT2D eigenvalue weighted by Gasteiger charge is 2.47. The minimum atomic E-state index is -0.847. The maximum absolute atomic E-state index is 13.7. The lowest BCUT2D eigenvalue weighted by Crippen LogP contribution is -2.62. The van der Waals surface area contributed by atoms with E-state index in [1.165, 1.54) is 4.90 Å². The second-order valence-corrected chi connectivity index (χ2v) is 12.3. The minimum absolute atomic E-state index is 0.0443.